The van der Waals surface area contributed by atoms with Gasteiger partial charge >= 0.3 is 0 Å². The van der Waals surface area contributed by atoms with E-state index < -0.39 is 0 Å². The number of likely N-dealkylation sites (tertiary alicyclic amines) is 1. The molecule has 2 N–H and O–H groups in total. The molecule has 0 amide bonds. The summed E-state index contributed by atoms with van der Waals surface area (Å²) in [6, 6.07) is 14.9. The summed E-state index contributed by atoms with van der Waals surface area (Å²) in [5, 5.41) is 17.7. The number of benzene rings is 2. The van der Waals surface area contributed by atoms with Crippen LogP contribution in [0.15, 0.2) is 53.5 Å². The van der Waals surface area contributed by atoms with Gasteiger partial charge in [-0.05, 0) is 44.5 Å². The molecule has 1 saturated heterocycles. The van der Waals surface area contributed by atoms with E-state index in [-0.39, 0.29) is 16.7 Å². The summed E-state index contributed by atoms with van der Waals surface area (Å²) in [4.78, 5) is 17.8. The Balaban J connectivity index is 1.74. The molecule has 1 aliphatic heterocycles. The summed E-state index contributed by atoms with van der Waals surface area (Å²) in [5.41, 5.74) is 2.04. The molecule has 2 aromatic rings. The number of methoxy groups -OCH3 is 1. The fourth-order valence-electron chi connectivity index (χ4n) is 3.90. The number of rotatable bonds is 9. The second-order valence-corrected chi connectivity index (χ2v) is 7.50. The Bertz CT molecular complexity index is 896. The summed E-state index contributed by atoms with van der Waals surface area (Å²) in [7, 11) is 1.71. The lowest BCUT2D eigenvalue weighted by molar-refractivity contribution is -0.384. The highest BCUT2D eigenvalue weighted by molar-refractivity contribution is 5.79. The number of nitro groups is 1. The van der Waals surface area contributed by atoms with Gasteiger partial charge in [0.25, 0.3) is 5.69 Å². The molecule has 31 heavy (non-hydrogen) atoms. The molecule has 1 atom stereocenters. The molecule has 8 nitrogen and oxygen atoms in total. The molecule has 8 heteroatoms. The van der Waals surface area contributed by atoms with E-state index in [0.29, 0.717) is 19.0 Å². The van der Waals surface area contributed by atoms with Gasteiger partial charge in [-0.1, -0.05) is 30.3 Å². The Morgan fingerprint density at radius 3 is 2.68 bits per heavy atom. The first-order valence-electron chi connectivity index (χ1n) is 10.7. The molecule has 3 rings (SSSR count). The zero-order chi connectivity index (χ0) is 22.1. The van der Waals surface area contributed by atoms with Gasteiger partial charge in [0.15, 0.2) is 5.96 Å². The van der Waals surface area contributed by atoms with Gasteiger partial charge in [0.1, 0.15) is 5.75 Å². The van der Waals surface area contributed by atoms with Crippen molar-refractivity contribution in [1.29, 1.82) is 0 Å². The van der Waals surface area contributed by atoms with Crippen LogP contribution < -0.4 is 15.4 Å². The highest BCUT2D eigenvalue weighted by atomic mass is 16.6. The molecule has 1 unspecified atom stereocenters. The summed E-state index contributed by atoms with van der Waals surface area (Å²) >= 11 is 0. The molecule has 0 aromatic heterocycles. The first-order chi connectivity index (χ1) is 15.1. The summed E-state index contributed by atoms with van der Waals surface area (Å²) in [6.07, 6.45) is 2.40. The summed E-state index contributed by atoms with van der Waals surface area (Å²) < 4.78 is 5.62. The lowest BCUT2D eigenvalue weighted by Crippen LogP contribution is -2.42. The molecule has 0 radical (unpaired) electrons. The van der Waals surface area contributed by atoms with Crippen molar-refractivity contribution >= 4 is 11.6 Å². The van der Waals surface area contributed by atoms with Gasteiger partial charge in [-0.25, -0.2) is 4.99 Å². The maximum absolute atomic E-state index is 11.0. The minimum Gasteiger partial charge on any atom is -0.496 e. The minimum absolute atomic E-state index is 0.0796. The Kier molecular flexibility index (Phi) is 8.23. The zero-order valence-corrected chi connectivity index (χ0v) is 18.2. The lowest BCUT2D eigenvalue weighted by Gasteiger charge is -2.30. The highest BCUT2D eigenvalue weighted by Gasteiger charge is 2.26. The smallest absolute Gasteiger partial charge is 0.269 e. The zero-order valence-electron chi connectivity index (χ0n) is 18.2. The van der Waals surface area contributed by atoms with Gasteiger partial charge in [-0.15, -0.1) is 0 Å². The van der Waals surface area contributed by atoms with Gasteiger partial charge < -0.3 is 15.4 Å². The molecule has 0 bridgehead atoms. The quantitative estimate of drug-likeness (QED) is 0.277. The standard InChI is InChI=1S/C23H31N5O3/c1-3-24-23(25-16-18-9-8-10-19(15-18)28(29)30)26-17-21(27-13-6-7-14-27)20-11-4-5-12-22(20)31-2/h4-5,8-12,15,21H,3,6-7,13-14,16-17H2,1-2H3,(H2,24,25,26). The Hall–Kier alpha value is -3.13. The predicted molar refractivity (Wildman–Crippen MR) is 122 cm³/mol. The Morgan fingerprint density at radius 1 is 1.19 bits per heavy atom. The maximum atomic E-state index is 11.0. The average molecular weight is 426 g/mol. The number of ether oxygens (including phenoxy) is 1. The number of hydrogen-bond donors (Lipinski definition) is 2. The maximum Gasteiger partial charge on any atom is 0.269 e. The normalized spacial score (nSPS) is 15.5. The van der Waals surface area contributed by atoms with Crippen LogP contribution in [0.2, 0.25) is 0 Å². The van der Waals surface area contributed by atoms with Crippen LogP contribution in [-0.4, -0.2) is 49.1 Å². The highest BCUT2D eigenvalue weighted by Crippen LogP contribution is 2.31. The SMILES string of the molecule is CCNC(=NCc1cccc([N+](=O)[O-])c1)NCC(c1ccccc1OC)N1CCCC1. The van der Waals surface area contributed by atoms with Gasteiger partial charge in [-0.3, -0.25) is 15.0 Å². The third-order valence-electron chi connectivity index (χ3n) is 5.43. The molecule has 166 valence electrons. The van der Waals surface area contributed by atoms with Crippen molar-refractivity contribution in [2.75, 3.05) is 33.3 Å². The van der Waals surface area contributed by atoms with Gasteiger partial charge in [-0.2, -0.15) is 0 Å². The molecule has 2 aromatic carbocycles. The molecular weight excluding hydrogens is 394 g/mol. The van der Waals surface area contributed by atoms with Gasteiger partial charge in [0.2, 0.25) is 0 Å². The van der Waals surface area contributed by atoms with E-state index in [1.807, 2.05) is 31.2 Å². The van der Waals surface area contributed by atoms with Crippen molar-refractivity contribution in [3.8, 4) is 5.75 Å². The second kappa shape index (κ2) is 11.3. The fraction of sp³-hybridized carbons (Fsp3) is 0.435. The first kappa shape index (κ1) is 22.6. The number of para-hydroxylation sites is 1. The topological polar surface area (TPSA) is 92.0 Å². The first-order valence-corrected chi connectivity index (χ1v) is 10.7. The molecular formula is C23H31N5O3. The van der Waals surface area contributed by atoms with Crippen LogP contribution in [0.3, 0.4) is 0 Å². The van der Waals surface area contributed by atoms with Crippen LogP contribution in [0.25, 0.3) is 0 Å². The van der Waals surface area contributed by atoms with Crippen LogP contribution in [-0.2, 0) is 6.54 Å². The van der Waals surface area contributed by atoms with Gasteiger partial charge in [0.05, 0.1) is 24.6 Å². The van der Waals surface area contributed by atoms with E-state index in [9.17, 15) is 10.1 Å². The monoisotopic (exact) mass is 425 g/mol. The number of aliphatic imine (C=N–C) groups is 1. The molecule has 0 saturated carbocycles. The van der Waals surface area contributed by atoms with E-state index in [1.165, 1.54) is 18.9 Å². The number of nitrogens with zero attached hydrogens (tertiary/aromatic N) is 3. The van der Waals surface area contributed by atoms with Crippen LogP contribution in [0, 0.1) is 10.1 Å². The molecule has 0 aliphatic carbocycles. The van der Waals surface area contributed by atoms with Crippen molar-refractivity contribution in [2.45, 2.75) is 32.4 Å². The molecule has 0 spiro atoms. The van der Waals surface area contributed by atoms with E-state index in [0.717, 1.165) is 36.5 Å². The van der Waals surface area contributed by atoms with E-state index in [2.05, 4.69) is 26.6 Å². The number of nitrogens with one attached hydrogen (secondary N) is 2. The molecule has 1 fully saturated rings. The number of non-ortho nitro benzene ring substituents is 1. The second-order valence-electron chi connectivity index (χ2n) is 7.50. The predicted octanol–water partition coefficient (Wildman–Crippen LogP) is 3.50. The number of hydrogen-bond acceptors (Lipinski definition) is 5. The van der Waals surface area contributed by atoms with Crippen molar-refractivity contribution in [3.63, 3.8) is 0 Å². The summed E-state index contributed by atoms with van der Waals surface area (Å²) in [5.74, 6) is 1.58. The number of nitro benzene ring substituents is 1. The van der Waals surface area contributed by atoms with E-state index in [4.69, 9.17) is 4.74 Å². The fourth-order valence-corrected chi connectivity index (χ4v) is 3.90. The van der Waals surface area contributed by atoms with E-state index in [1.54, 1.807) is 19.2 Å². The Labute approximate surface area is 183 Å². The Morgan fingerprint density at radius 2 is 1.97 bits per heavy atom. The third kappa shape index (κ3) is 6.18. The number of guanidine groups is 1. The molecule has 1 aliphatic rings. The largest absolute Gasteiger partial charge is 0.496 e. The minimum atomic E-state index is -0.384. The van der Waals surface area contributed by atoms with Crippen LogP contribution in [0.1, 0.15) is 36.9 Å². The average Bonchev–Trinajstić information content (AvgIpc) is 3.32. The van der Waals surface area contributed by atoms with E-state index >= 15 is 0 Å². The van der Waals surface area contributed by atoms with Crippen molar-refractivity contribution in [2.24, 2.45) is 4.99 Å². The molecule has 1 heterocycles. The van der Waals surface area contributed by atoms with Gasteiger partial charge in [0, 0.05) is 30.8 Å². The summed E-state index contributed by atoms with van der Waals surface area (Å²) in [6.45, 7) is 5.91. The van der Waals surface area contributed by atoms with Crippen LogP contribution >= 0.6 is 0 Å². The lowest BCUT2D eigenvalue weighted by atomic mass is 10.0. The van der Waals surface area contributed by atoms with Crippen LogP contribution in [0.5, 0.6) is 5.75 Å². The van der Waals surface area contributed by atoms with Crippen molar-refractivity contribution in [3.05, 3.63) is 69.8 Å². The van der Waals surface area contributed by atoms with Crippen LogP contribution in [0.4, 0.5) is 5.69 Å². The third-order valence-corrected chi connectivity index (χ3v) is 5.43. The van der Waals surface area contributed by atoms with Crippen molar-refractivity contribution < 1.29 is 9.66 Å². The van der Waals surface area contributed by atoms with Crippen molar-refractivity contribution in [1.82, 2.24) is 15.5 Å².